The maximum atomic E-state index is 13.2. The number of allylic oxidation sites excluding steroid dienone is 4. The van der Waals surface area contributed by atoms with E-state index in [1.807, 2.05) is 0 Å². The van der Waals surface area contributed by atoms with Crippen molar-refractivity contribution in [2.75, 3.05) is 6.61 Å². The smallest absolute Gasteiger partial charge is 0.306 e. The number of rotatable bonds is 51. The highest BCUT2D eigenvalue weighted by atomic mass is 16.5. The van der Waals surface area contributed by atoms with Gasteiger partial charge in [-0.15, -0.1) is 0 Å². The zero-order chi connectivity index (χ0) is 45.9. The fraction of sp³-hybridized carbons (Fsp3) is 0.895. The third-order valence-corrected chi connectivity index (χ3v) is 13.0. The lowest BCUT2D eigenvalue weighted by Gasteiger charge is -2.24. The summed E-state index contributed by atoms with van der Waals surface area (Å²) in [7, 11) is 0. The molecule has 0 heterocycles. The van der Waals surface area contributed by atoms with E-state index >= 15 is 0 Å². The molecule has 3 N–H and O–H groups in total. The van der Waals surface area contributed by atoms with Gasteiger partial charge in [-0.05, 0) is 57.8 Å². The van der Waals surface area contributed by atoms with Crippen LogP contribution in [0.1, 0.15) is 303 Å². The lowest BCUT2D eigenvalue weighted by Crippen LogP contribution is -2.46. The molecular weight excluding hydrogens is 779 g/mol. The Hall–Kier alpha value is -1.66. The third kappa shape index (κ3) is 46.7. The van der Waals surface area contributed by atoms with Gasteiger partial charge in [0.2, 0.25) is 5.91 Å². The van der Waals surface area contributed by atoms with E-state index < -0.39 is 18.2 Å². The van der Waals surface area contributed by atoms with E-state index in [4.69, 9.17) is 4.74 Å². The van der Waals surface area contributed by atoms with Crippen molar-refractivity contribution in [3.8, 4) is 0 Å². The second-order valence-electron chi connectivity index (χ2n) is 19.3. The van der Waals surface area contributed by atoms with Crippen LogP contribution in [-0.4, -0.2) is 46.9 Å². The predicted octanol–water partition coefficient (Wildman–Crippen LogP) is 17.1. The number of nitrogens with one attached hydrogen (secondary N) is 1. The third-order valence-electron chi connectivity index (χ3n) is 13.0. The van der Waals surface area contributed by atoms with Crippen molar-refractivity contribution in [1.29, 1.82) is 0 Å². The molecular formula is C57H109NO5. The summed E-state index contributed by atoms with van der Waals surface area (Å²) in [5.74, 6) is -0.460. The van der Waals surface area contributed by atoms with Gasteiger partial charge in [0.05, 0.1) is 25.2 Å². The quantitative estimate of drug-likeness (QED) is 0.0321. The first-order valence-corrected chi connectivity index (χ1v) is 28.1. The first kappa shape index (κ1) is 61.3. The van der Waals surface area contributed by atoms with Gasteiger partial charge in [-0.3, -0.25) is 9.59 Å². The molecule has 0 aliphatic heterocycles. The highest BCUT2D eigenvalue weighted by Gasteiger charge is 2.24. The summed E-state index contributed by atoms with van der Waals surface area (Å²) in [4.78, 5) is 26.2. The monoisotopic (exact) mass is 888 g/mol. The zero-order valence-corrected chi connectivity index (χ0v) is 42.5. The average Bonchev–Trinajstić information content (AvgIpc) is 3.28. The van der Waals surface area contributed by atoms with Gasteiger partial charge in [0.1, 0.15) is 6.10 Å². The number of ether oxygens (including phenoxy) is 1. The van der Waals surface area contributed by atoms with Crippen LogP contribution in [0.25, 0.3) is 0 Å². The van der Waals surface area contributed by atoms with E-state index in [1.165, 1.54) is 205 Å². The lowest BCUT2D eigenvalue weighted by molar-refractivity contribution is -0.151. The maximum Gasteiger partial charge on any atom is 0.306 e. The topological polar surface area (TPSA) is 95.9 Å². The van der Waals surface area contributed by atoms with E-state index in [0.717, 1.165) is 51.4 Å². The van der Waals surface area contributed by atoms with Crippen molar-refractivity contribution >= 4 is 11.9 Å². The van der Waals surface area contributed by atoms with Crippen LogP contribution >= 0.6 is 0 Å². The number of unbranched alkanes of at least 4 members (excludes halogenated alkanes) is 35. The van der Waals surface area contributed by atoms with Gasteiger partial charge in [0.15, 0.2) is 0 Å². The molecule has 372 valence electrons. The van der Waals surface area contributed by atoms with Crippen LogP contribution in [0.2, 0.25) is 0 Å². The Morgan fingerprint density at radius 1 is 0.460 bits per heavy atom. The largest absolute Gasteiger partial charge is 0.462 e. The maximum absolute atomic E-state index is 13.2. The normalized spacial score (nSPS) is 13.3. The number of hydrogen-bond acceptors (Lipinski definition) is 5. The minimum atomic E-state index is -0.783. The SMILES string of the molecule is CCCCC/C=C\C/C=C\CCCCCCCCCCCC(=O)OC(CCCCCCCCCCCCCCCCC)CC(=O)NC(CO)C(O)CCCCCCCCCCCC. The van der Waals surface area contributed by atoms with E-state index in [0.29, 0.717) is 19.3 Å². The summed E-state index contributed by atoms with van der Waals surface area (Å²) in [5, 5.41) is 23.8. The van der Waals surface area contributed by atoms with Crippen LogP contribution in [-0.2, 0) is 14.3 Å². The number of aliphatic hydroxyl groups is 2. The van der Waals surface area contributed by atoms with Crippen molar-refractivity contribution in [3.63, 3.8) is 0 Å². The lowest BCUT2D eigenvalue weighted by atomic mass is 10.0. The van der Waals surface area contributed by atoms with E-state index in [9.17, 15) is 19.8 Å². The summed E-state index contributed by atoms with van der Waals surface area (Å²) in [6.45, 7) is 6.48. The minimum Gasteiger partial charge on any atom is -0.462 e. The summed E-state index contributed by atoms with van der Waals surface area (Å²) in [6, 6.07) is -0.697. The van der Waals surface area contributed by atoms with Crippen molar-refractivity contribution < 1.29 is 24.5 Å². The first-order valence-electron chi connectivity index (χ1n) is 28.1. The Morgan fingerprint density at radius 3 is 1.24 bits per heavy atom. The molecule has 6 heteroatoms. The Balaban J connectivity index is 4.49. The predicted molar refractivity (Wildman–Crippen MR) is 273 cm³/mol. The number of esters is 1. The second kappa shape index (κ2) is 51.3. The molecule has 0 radical (unpaired) electrons. The van der Waals surface area contributed by atoms with E-state index in [2.05, 4.69) is 50.4 Å². The molecule has 0 aromatic carbocycles. The average molecular weight is 889 g/mol. The summed E-state index contributed by atoms with van der Waals surface area (Å²) in [6.07, 6.45) is 59.6. The van der Waals surface area contributed by atoms with Crippen LogP contribution in [0, 0.1) is 0 Å². The number of carbonyl (C=O) groups is 2. The molecule has 0 aliphatic rings. The molecule has 0 rings (SSSR count). The molecule has 1 amide bonds. The first-order chi connectivity index (χ1) is 31.0. The second-order valence-corrected chi connectivity index (χ2v) is 19.3. The molecule has 0 aliphatic carbocycles. The molecule has 0 spiro atoms. The fourth-order valence-electron chi connectivity index (χ4n) is 8.76. The van der Waals surface area contributed by atoms with Gasteiger partial charge < -0.3 is 20.3 Å². The highest BCUT2D eigenvalue weighted by Crippen LogP contribution is 2.19. The van der Waals surface area contributed by atoms with E-state index in [-0.39, 0.29) is 24.9 Å². The van der Waals surface area contributed by atoms with Crippen molar-refractivity contribution in [1.82, 2.24) is 5.32 Å². The summed E-state index contributed by atoms with van der Waals surface area (Å²) in [5.41, 5.74) is 0. The van der Waals surface area contributed by atoms with Crippen LogP contribution < -0.4 is 5.32 Å². The van der Waals surface area contributed by atoms with Gasteiger partial charge in [-0.1, -0.05) is 257 Å². The van der Waals surface area contributed by atoms with Gasteiger partial charge in [0.25, 0.3) is 0 Å². The summed E-state index contributed by atoms with van der Waals surface area (Å²) >= 11 is 0. The Bertz CT molecular complexity index is 997. The Kier molecular flexibility index (Phi) is 50.0. The number of carbonyl (C=O) groups excluding carboxylic acids is 2. The van der Waals surface area contributed by atoms with Gasteiger partial charge in [-0.25, -0.2) is 0 Å². The fourth-order valence-corrected chi connectivity index (χ4v) is 8.76. The molecule has 63 heavy (non-hydrogen) atoms. The molecule has 0 fully saturated rings. The summed E-state index contributed by atoms with van der Waals surface area (Å²) < 4.78 is 5.96. The van der Waals surface area contributed by atoms with Gasteiger partial charge >= 0.3 is 5.97 Å². The van der Waals surface area contributed by atoms with E-state index in [1.54, 1.807) is 0 Å². The molecule has 6 nitrogen and oxygen atoms in total. The molecule has 3 atom stereocenters. The molecule has 3 unspecified atom stereocenters. The number of hydrogen-bond donors (Lipinski definition) is 3. The Labute approximate surface area is 392 Å². The molecule has 0 aromatic rings. The van der Waals surface area contributed by atoms with Crippen molar-refractivity contribution in [3.05, 3.63) is 24.3 Å². The van der Waals surface area contributed by atoms with Crippen LogP contribution in [0.15, 0.2) is 24.3 Å². The highest BCUT2D eigenvalue weighted by molar-refractivity contribution is 5.77. The zero-order valence-electron chi connectivity index (χ0n) is 42.5. The van der Waals surface area contributed by atoms with Crippen LogP contribution in [0.4, 0.5) is 0 Å². The van der Waals surface area contributed by atoms with Crippen molar-refractivity contribution in [2.24, 2.45) is 0 Å². The van der Waals surface area contributed by atoms with Crippen LogP contribution in [0.5, 0.6) is 0 Å². The number of amides is 1. The molecule has 0 aromatic heterocycles. The minimum absolute atomic E-state index is 0.0820. The standard InChI is InChI=1S/C57H109NO5/c1-4-7-10-13-16-19-22-24-26-27-28-29-31-33-35-38-41-44-47-50-57(62)63-53(48-45-42-39-36-34-32-30-25-23-20-17-14-11-8-5-2)51-56(61)58-54(52-59)55(60)49-46-43-40-37-21-18-15-12-9-6-3/h16,19,24,26,53-55,59-60H,4-15,17-18,20-23,25,27-52H2,1-3H3,(H,58,61)/b19-16-,26-24-. The number of aliphatic hydroxyl groups excluding tert-OH is 2. The molecule has 0 saturated carbocycles. The van der Waals surface area contributed by atoms with Crippen LogP contribution in [0.3, 0.4) is 0 Å². The Morgan fingerprint density at radius 2 is 0.810 bits per heavy atom. The van der Waals surface area contributed by atoms with Crippen molar-refractivity contribution in [2.45, 2.75) is 322 Å². The molecule has 0 saturated heterocycles. The van der Waals surface area contributed by atoms with Gasteiger partial charge in [0, 0.05) is 6.42 Å². The molecule has 0 bridgehead atoms. The van der Waals surface area contributed by atoms with Gasteiger partial charge in [-0.2, -0.15) is 0 Å².